The molecule has 0 aromatic heterocycles. The fraction of sp³-hybridized carbons (Fsp3) is 0.211. The van der Waals surface area contributed by atoms with E-state index in [0.717, 1.165) is 17.1 Å². The number of carbonyl (C=O) groups excluding carboxylic acids is 1. The topological polar surface area (TPSA) is 75.3 Å². The van der Waals surface area contributed by atoms with Gasteiger partial charge in [0.15, 0.2) is 0 Å². The monoisotopic (exact) mass is 408 g/mol. The summed E-state index contributed by atoms with van der Waals surface area (Å²) < 4.78 is 39.1. The molecule has 27 heavy (non-hydrogen) atoms. The Morgan fingerprint density at radius 3 is 2.41 bits per heavy atom. The number of hydrogen-bond donors (Lipinski definition) is 2. The van der Waals surface area contributed by atoms with Crippen molar-refractivity contribution in [2.24, 2.45) is 0 Å². The average molecular weight is 409 g/mol. The van der Waals surface area contributed by atoms with Gasteiger partial charge in [-0.15, -0.1) is 18.3 Å². The van der Waals surface area contributed by atoms with Gasteiger partial charge in [-0.25, -0.2) is 17.5 Å². The molecule has 5 nitrogen and oxygen atoms in total. The molecule has 2 aromatic rings. The van der Waals surface area contributed by atoms with E-state index in [1.54, 1.807) is 23.9 Å². The van der Waals surface area contributed by atoms with Crippen molar-refractivity contribution < 1.29 is 17.6 Å². The van der Waals surface area contributed by atoms with E-state index < -0.39 is 10.0 Å². The largest absolute Gasteiger partial charge is 0.352 e. The fourth-order valence-electron chi connectivity index (χ4n) is 2.13. The highest BCUT2D eigenvalue weighted by Gasteiger charge is 2.13. The SMILES string of the molecule is C=CCNS(=O)(=O)c1ccc(C(=O)NCCCSc2ccc(F)cc2)cc1. The molecule has 0 saturated carbocycles. The first kappa shape index (κ1) is 21.1. The first-order valence-electron chi connectivity index (χ1n) is 8.29. The highest BCUT2D eigenvalue weighted by Crippen LogP contribution is 2.18. The molecule has 0 heterocycles. The molecule has 0 aliphatic carbocycles. The summed E-state index contributed by atoms with van der Waals surface area (Å²) in [6.07, 6.45) is 2.21. The van der Waals surface area contributed by atoms with Gasteiger partial charge in [-0.05, 0) is 60.7 Å². The van der Waals surface area contributed by atoms with E-state index in [9.17, 15) is 17.6 Å². The lowest BCUT2D eigenvalue weighted by atomic mass is 10.2. The van der Waals surface area contributed by atoms with E-state index in [-0.39, 0.29) is 23.2 Å². The molecule has 0 unspecified atom stereocenters. The Hall–Kier alpha value is -2.16. The molecule has 0 aliphatic rings. The van der Waals surface area contributed by atoms with Gasteiger partial charge in [0.1, 0.15) is 5.82 Å². The van der Waals surface area contributed by atoms with Crippen LogP contribution in [0.1, 0.15) is 16.8 Å². The highest BCUT2D eigenvalue weighted by molar-refractivity contribution is 7.99. The van der Waals surface area contributed by atoms with Crippen molar-refractivity contribution in [1.82, 2.24) is 10.0 Å². The third kappa shape index (κ3) is 6.82. The van der Waals surface area contributed by atoms with Crippen LogP contribution in [0.5, 0.6) is 0 Å². The molecule has 0 aliphatic heterocycles. The number of hydrogen-bond acceptors (Lipinski definition) is 4. The number of halogens is 1. The van der Waals surface area contributed by atoms with E-state index in [1.165, 1.54) is 42.5 Å². The molecule has 2 N–H and O–H groups in total. The smallest absolute Gasteiger partial charge is 0.251 e. The second-order valence-electron chi connectivity index (χ2n) is 5.58. The van der Waals surface area contributed by atoms with Crippen LogP contribution in [0.4, 0.5) is 4.39 Å². The molecule has 2 rings (SSSR count). The number of sulfonamides is 1. The van der Waals surface area contributed by atoms with Gasteiger partial charge in [0.25, 0.3) is 5.91 Å². The maximum atomic E-state index is 12.8. The van der Waals surface area contributed by atoms with Crippen molar-refractivity contribution in [3.05, 3.63) is 72.6 Å². The molecule has 0 radical (unpaired) electrons. The van der Waals surface area contributed by atoms with Crippen molar-refractivity contribution in [3.63, 3.8) is 0 Å². The van der Waals surface area contributed by atoms with Crippen molar-refractivity contribution in [2.75, 3.05) is 18.8 Å². The van der Waals surface area contributed by atoms with Crippen LogP contribution in [0.15, 0.2) is 71.0 Å². The van der Waals surface area contributed by atoms with Crippen LogP contribution >= 0.6 is 11.8 Å². The number of amides is 1. The van der Waals surface area contributed by atoms with Gasteiger partial charge < -0.3 is 5.32 Å². The minimum atomic E-state index is -3.60. The minimum absolute atomic E-state index is 0.0941. The van der Waals surface area contributed by atoms with E-state index in [1.807, 2.05) is 0 Å². The lowest BCUT2D eigenvalue weighted by Gasteiger charge is -2.07. The van der Waals surface area contributed by atoms with Crippen LogP contribution in [-0.2, 0) is 10.0 Å². The normalized spacial score (nSPS) is 11.1. The number of nitrogens with one attached hydrogen (secondary N) is 2. The molecule has 0 bridgehead atoms. The van der Waals surface area contributed by atoms with E-state index in [2.05, 4.69) is 16.6 Å². The van der Waals surface area contributed by atoms with Crippen LogP contribution in [0, 0.1) is 5.82 Å². The summed E-state index contributed by atoms with van der Waals surface area (Å²) in [6.45, 7) is 4.09. The number of thioether (sulfide) groups is 1. The van der Waals surface area contributed by atoms with Crippen LogP contribution in [-0.4, -0.2) is 33.2 Å². The minimum Gasteiger partial charge on any atom is -0.352 e. The van der Waals surface area contributed by atoms with Crippen molar-refractivity contribution in [1.29, 1.82) is 0 Å². The number of benzene rings is 2. The fourth-order valence-corrected chi connectivity index (χ4v) is 3.99. The zero-order chi connectivity index (χ0) is 19.7. The molecular weight excluding hydrogens is 387 g/mol. The third-order valence-corrected chi connectivity index (χ3v) is 6.07. The molecule has 0 atom stereocenters. The summed E-state index contributed by atoms with van der Waals surface area (Å²) in [7, 11) is -3.60. The van der Waals surface area contributed by atoms with Gasteiger partial charge in [-0.1, -0.05) is 6.08 Å². The Labute approximate surface area is 163 Å². The van der Waals surface area contributed by atoms with Gasteiger partial charge in [-0.2, -0.15) is 0 Å². The first-order valence-corrected chi connectivity index (χ1v) is 10.8. The molecule has 2 aromatic carbocycles. The Morgan fingerprint density at radius 2 is 1.78 bits per heavy atom. The lowest BCUT2D eigenvalue weighted by Crippen LogP contribution is -2.25. The van der Waals surface area contributed by atoms with E-state index in [0.29, 0.717) is 12.1 Å². The number of carbonyl (C=O) groups is 1. The lowest BCUT2D eigenvalue weighted by molar-refractivity contribution is 0.0953. The standard InChI is InChI=1S/C19H21FN2O3S2/c1-2-12-22-27(24,25)18-10-4-15(5-11-18)19(23)21-13-3-14-26-17-8-6-16(20)7-9-17/h2,4-11,22H,1,3,12-14H2,(H,21,23). The quantitative estimate of drug-likeness (QED) is 0.360. The molecule has 8 heteroatoms. The van der Waals surface area contributed by atoms with Gasteiger partial charge in [0.05, 0.1) is 4.90 Å². The molecule has 1 amide bonds. The summed E-state index contributed by atoms with van der Waals surface area (Å²) >= 11 is 1.59. The van der Waals surface area contributed by atoms with Crippen LogP contribution in [0.3, 0.4) is 0 Å². The summed E-state index contributed by atoms with van der Waals surface area (Å²) in [5, 5.41) is 2.80. The van der Waals surface area contributed by atoms with Gasteiger partial charge >= 0.3 is 0 Å². The Kier molecular flexibility index (Phi) is 8.02. The summed E-state index contributed by atoms with van der Waals surface area (Å²) in [6, 6.07) is 12.0. The average Bonchev–Trinajstić information content (AvgIpc) is 2.67. The second kappa shape index (κ2) is 10.2. The number of rotatable bonds is 10. The Balaban J connectivity index is 1.77. The Morgan fingerprint density at radius 1 is 1.11 bits per heavy atom. The maximum Gasteiger partial charge on any atom is 0.251 e. The molecule has 0 fully saturated rings. The van der Waals surface area contributed by atoms with Crippen molar-refractivity contribution in [3.8, 4) is 0 Å². The van der Waals surface area contributed by atoms with Gasteiger partial charge in [0, 0.05) is 23.5 Å². The summed E-state index contributed by atoms with van der Waals surface area (Å²) in [5.41, 5.74) is 0.392. The zero-order valence-electron chi connectivity index (χ0n) is 14.7. The molecule has 144 valence electrons. The van der Waals surface area contributed by atoms with Crippen molar-refractivity contribution in [2.45, 2.75) is 16.2 Å². The molecule has 0 spiro atoms. The van der Waals surface area contributed by atoms with Crippen LogP contribution in [0.2, 0.25) is 0 Å². The van der Waals surface area contributed by atoms with E-state index in [4.69, 9.17) is 0 Å². The van der Waals surface area contributed by atoms with E-state index >= 15 is 0 Å². The van der Waals surface area contributed by atoms with Gasteiger partial charge in [0.2, 0.25) is 10.0 Å². The predicted molar refractivity (Wildman–Crippen MR) is 106 cm³/mol. The van der Waals surface area contributed by atoms with Gasteiger partial charge in [-0.3, -0.25) is 4.79 Å². The highest BCUT2D eigenvalue weighted by atomic mass is 32.2. The zero-order valence-corrected chi connectivity index (χ0v) is 16.3. The molecule has 0 saturated heterocycles. The molecular formula is C19H21FN2O3S2. The summed E-state index contributed by atoms with van der Waals surface area (Å²) in [5.74, 6) is 0.268. The summed E-state index contributed by atoms with van der Waals surface area (Å²) in [4.78, 5) is 13.2. The third-order valence-electron chi connectivity index (χ3n) is 3.53. The van der Waals surface area contributed by atoms with Crippen molar-refractivity contribution >= 4 is 27.7 Å². The maximum absolute atomic E-state index is 12.8. The first-order chi connectivity index (χ1) is 12.9. The van der Waals surface area contributed by atoms with Crippen LogP contribution < -0.4 is 10.0 Å². The second-order valence-corrected chi connectivity index (χ2v) is 8.51. The van der Waals surface area contributed by atoms with Crippen LogP contribution in [0.25, 0.3) is 0 Å². The predicted octanol–water partition coefficient (Wildman–Crippen LogP) is 3.20. The Bertz CT molecular complexity index is 867.